The molecule has 36 heavy (non-hydrogen) atoms. The molecular formula is C26H23N3O6S. The highest BCUT2D eigenvalue weighted by Gasteiger charge is 2.19. The zero-order chi connectivity index (χ0) is 25.7. The van der Waals surface area contributed by atoms with Crippen molar-refractivity contribution < 1.29 is 23.9 Å². The van der Waals surface area contributed by atoms with Gasteiger partial charge in [-0.05, 0) is 65.1 Å². The summed E-state index contributed by atoms with van der Waals surface area (Å²) in [5, 5.41) is 11.6. The van der Waals surface area contributed by atoms with Gasteiger partial charge >= 0.3 is 0 Å². The fourth-order valence-electron chi connectivity index (χ4n) is 3.56. The molecule has 0 amide bonds. The maximum absolute atomic E-state index is 11.0. The predicted octanol–water partition coefficient (Wildman–Crippen LogP) is 5.74. The molecule has 10 heteroatoms. The summed E-state index contributed by atoms with van der Waals surface area (Å²) in [5.41, 5.74) is 3.14. The third kappa shape index (κ3) is 5.13. The van der Waals surface area contributed by atoms with Gasteiger partial charge in [-0.3, -0.25) is 10.1 Å². The first-order valence-corrected chi connectivity index (χ1v) is 11.5. The van der Waals surface area contributed by atoms with E-state index in [0.29, 0.717) is 28.1 Å². The molecule has 1 heterocycles. The van der Waals surface area contributed by atoms with Crippen molar-refractivity contribution in [3.8, 4) is 33.6 Å². The normalized spacial score (nSPS) is 11.2. The third-order valence-corrected chi connectivity index (χ3v) is 6.16. The summed E-state index contributed by atoms with van der Waals surface area (Å²) in [4.78, 5) is 15.3. The van der Waals surface area contributed by atoms with Crippen LogP contribution in [0.2, 0.25) is 0 Å². The molecular weight excluding hydrogens is 482 g/mol. The first kappa shape index (κ1) is 24.7. The van der Waals surface area contributed by atoms with Crippen molar-refractivity contribution in [3.63, 3.8) is 0 Å². The number of hydrogen-bond acceptors (Lipinski definition) is 9. The van der Waals surface area contributed by atoms with Gasteiger partial charge in [0.1, 0.15) is 10.8 Å². The van der Waals surface area contributed by atoms with Crippen molar-refractivity contribution in [2.24, 2.45) is 0 Å². The van der Waals surface area contributed by atoms with Crippen molar-refractivity contribution in [3.05, 3.63) is 87.7 Å². The van der Waals surface area contributed by atoms with E-state index in [1.54, 1.807) is 40.6 Å². The lowest BCUT2D eigenvalue weighted by molar-refractivity contribution is -0.384. The second kappa shape index (κ2) is 10.9. The molecule has 0 N–H and O–H groups in total. The van der Waals surface area contributed by atoms with Gasteiger partial charge in [-0.1, -0.05) is 12.1 Å². The molecule has 1 aromatic heterocycles. The standard InChI is InChI=1S/C26H23N3O6S/c1-32-20-11-5-16(6-12-20)13-21(18-14-22(33-2)24(35-4)23(15-18)34-3)25-27-26(36-28-25)17-7-9-19(10-8-17)29(30)31/h5-15H,1-4H3/b21-13+. The van der Waals surface area contributed by atoms with E-state index in [1.165, 1.54) is 23.7 Å². The van der Waals surface area contributed by atoms with E-state index in [2.05, 4.69) is 4.37 Å². The minimum atomic E-state index is -0.435. The summed E-state index contributed by atoms with van der Waals surface area (Å²) in [5.74, 6) is 2.70. The molecule has 0 aliphatic heterocycles. The molecule has 0 radical (unpaired) electrons. The fourth-order valence-corrected chi connectivity index (χ4v) is 4.24. The van der Waals surface area contributed by atoms with Crippen molar-refractivity contribution in [1.29, 1.82) is 0 Å². The number of rotatable bonds is 9. The van der Waals surface area contributed by atoms with Crippen LogP contribution in [0.4, 0.5) is 5.69 Å². The van der Waals surface area contributed by atoms with E-state index >= 15 is 0 Å². The lowest BCUT2D eigenvalue weighted by atomic mass is 10.0. The molecule has 0 aliphatic rings. The summed E-state index contributed by atoms with van der Waals surface area (Å²) in [6.07, 6.45) is 1.96. The summed E-state index contributed by atoms with van der Waals surface area (Å²) >= 11 is 1.21. The van der Waals surface area contributed by atoms with Gasteiger partial charge in [-0.2, -0.15) is 4.37 Å². The molecule has 184 valence electrons. The molecule has 4 aromatic rings. The number of methoxy groups -OCH3 is 4. The number of hydrogen-bond donors (Lipinski definition) is 0. The smallest absolute Gasteiger partial charge is 0.269 e. The Hall–Kier alpha value is -4.44. The second-order valence-corrected chi connectivity index (χ2v) is 8.22. The van der Waals surface area contributed by atoms with Gasteiger partial charge in [0, 0.05) is 23.3 Å². The van der Waals surface area contributed by atoms with Gasteiger partial charge in [0.15, 0.2) is 17.3 Å². The summed E-state index contributed by atoms with van der Waals surface area (Å²) < 4.78 is 26.4. The molecule has 0 saturated carbocycles. The largest absolute Gasteiger partial charge is 0.497 e. The molecule has 0 unspecified atom stereocenters. The van der Waals surface area contributed by atoms with E-state index in [-0.39, 0.29) is 5.69 Å². The van der Waals surface area contributed by atoms with Crippen LogP contribution in [0, 0.1) is 10.1 Å². The SMILES string of the molecule is COc1ccc(/C=C(\c2cc(OC)c(OC)c(OC)c2)c2nsc(-c3ccc([N+](=O)[O-])cc3)n2)cc1. The first-order valence-electron chi connectivity index (χ1n) is 10.7. The average molecular weight is 506 g/mol. The van der Waals surface area contributed by atoms with E-state index in [9.17, 15) is 10.1 Å². The van der Waals surface area contributed by atoms with Gasteiger partial charge in [0.25, 0.3) is 5.69 Å². The number of ether oxygens (including phenoxy) is 4. The number of nitrogens with zero attached hydrogens (tertiary/aromatic N) is 3. The topological polar surface area (TPSA) is 106 Å². The van der Waals surface area contributed by atoms with Crippen LogP contribution in [-0.2, 0) is 0 Å². The molecule has 4 rings (SSSR count). The Morgan fingerprint density at radius 1 is 0.889 bits per heavy atom. The van der Waals surface area contributed by atoms with Gasteiger partial charge in [-0.25, -0.2) is 4.98 Å². The Kier molecular flexibility index (Phi) is 7.45. The Morgan fingerprint density at radius 3 is 2.06 bits per heavy atom. The van der Waals surface area contributed by atoms with Crippen molar-refractivity contribution in [2.75, 3.05) is 28.4 Å². The van der Waals surface area contributed by atoms with E-state index < -0.39 is 4.92 Å². The van der Waals surface area contributed by atoms with Gasteiger partial charge in [0.05, 0.1) is 33.4 Å². The van der Waals surface area contributed by atoms with Crippen LogP contribution in [0.3, 0.4) is 0 Å². The van der Waals surface area contributed by atoms with Gasteiger partial charge in [0.2, 0.25) is 5.75 Å². The van der Waals surface area contributed by atoms with E-state index in [1.807, 2.05) is 42.5 Å². The van der Waals surface area contributed by atoms with Crippen LogP contribution in [0.15, 0.2) is 60.7 Å². The summed E-state index contributed by atoms with van der Waals surface area (Å²) in [7, 11) is 6.28. The summed E-state index contributed by atoms with van der Waals surface area (Å²) in [6, 6.07) is 17.5. The Labute approximate surface area is 211 Å². The zero-order valence-corrected chi connectivity index (χ0v) is 20.9. The molecule has 0 fully saturated rings. The lowest BCUT2D eigenvalue weighted by Crippen LogP contribution is -1.98. The number of non-ortho nitro benzene ring substituents is 1. The highest BCUT2D eigenvalue weighted by molar-refractivity contribution is 7.09. The maximum atomic E-state index is 11.0. The zero-order valence-electron chi connectivity index (χ0n) is 20.1. The van der Waals surface area contributed by atoms with Crippen LogP contribution in [0.5, 0.6) is 23.0 Å². The highest BCUT2D eigenvalue weighted by Crippen LogP contribution is 2.41. The van der Waals surface area contributed by atoms with Gasteiger partial charge < -0.3 is 18.9 Å². The number of benzene rings is 3. The molecule has 0 spiro atoms. The van der Waals surface area contributed by atoms with Crippen molar-refractivity contribution in [2.45, 2.75) is 0 Å². The third-order valence-electron chi connectivity index (χ3n) is 5.39. The van der Waals surface area contributed by atoms with Gasteiger partial charge in [-0.15, -0.1) is 0 Å². The lowest BCUT2D eigenvalue weighted by Gasteiger charge is -2.15. The van der Waals surface area contributed by atoms with E-state index in [4.69, 9.17) is 23.9 Å². The molecule has 9 nitrogen and oxygen atoms in total. The minimum absolute atomic E-state index is 0.0148. The van der Waals surface area contributed by atoms with Crippen LogP contribution < -0.4 is 18.9 Å². The number of nitro groups is 1. The molecule has 0 bridgehead atoms. The molecule has 0 saturated heterocycles. The quantitative estimate of drug-likeness (QED) is 0.161. The predicted molar refractivity (Wildman–Crippen MR) is 138 cm³/mol. The Bertz CT molecular complexity index is 1370. The Balaban J connectivity index is 1.84. The van der Waals surface area contributed by atoms with Crippen LogP contribution in [-0.4, -0.2) is 42.7 Å². The molecule has 0 atom stereocenters. The minimum Gasteiger partial charge on any atom is -0.497 e. The van der Waals surface area contributed by atoms with Crippen LogP contribution >= 0.6 is 11.5 Å². The van der Waals surface area contributed by atoms with Crippen LogP contribution in [0.25, 0.3) is 22.2 Å². The van der Waals surface area contributed by atoms with Crippen molar-refractivity contribution in [1.82, 2.24) is 9.36 Å². The maximum Gasteiger partial charge on any atom is 0.269 e. The highest BCUT2D eigenvalue weighted by atomic mass is 32.1. The van der Waals surface area contributed by atoms with Crippen LogP contribution in [0.1, 0.15) is 17.0 Å². The first-order chi connectivity index (χ1) is 17.5. The van der Waals surface area contributed by atoms with E-state index in [0.717, 1.165) is 28.0 Å². The van der Waals surface area contributed by atoms with Crippen molar-refractivity contribution >= 4 is 28.9 Å². The number of nitro benzene ring substituents is 1. The number of aromatic nitrogens is 2. The monoisotopic (exact) mass is 505 g/mol. The molecule has 3 aromatic carbocycles. The second-order valence-electron chi connectivity index (χ2n) is 7.47. The summed E-state index contributed by atoms with van der Waals surface area (Å²) in [6.45, 7) is 0. The molecule has 0 aliphatic carbocycles. The Morgan fingerprint density at radius 2 is 1.53 bits per heavy atom. The average Bonchev–Trinajstić information content (AvgIpc) is 3.41. The fraction of sp³-hybridized carbons (Fsp3) is 0.154.